The average molecular weight is 499 g/mol. The molecular weight excluding hydrogens is 432 g/mol. The van der Waals surface area contributed by atoms with Crippen molar-refractivity contribution in [3.05, 3.63) is 0 Å². The highest BCUT2D eigenvalue weighted by atomic mass is 14.6. The van der Waals surface area contributed by atoms with Crippen molar-refractivity contribution in [1.29, 1.82) is 0 Å². The summed E-state index contributed by atoms with van der Waals surface area (Å²) in [7, 11) is 0. The van der Waals surface area contributed by atoms with Gasteiger partial charge in [-0.3, -0.25) is 0 Å². The molecule has 0 heteroatoms. The van der Waals surface area contributed by atoms with E-state index < -0.39 is 0 Å². The lowest BCUT2D eigenvalue weighted by Crippen LogP contribution is -2.52. The Labute approximate surface area is 227 Å². The molecule has 4 fully saturated rings. The maximum Gasteiger partial charge on any atom is -0.0210 e. The van der Waals surface area contributed by atoms with Crippen molar-refractivity contribution in [2.75, 3.05) is 0 Å². The van der Waals surface area contributed by atoms with Crippen LogP contribution in [0, 0.1) is 22.7 Å². The zero-order chi connectivity index (χ0) is 24.8. The normalized spacial score (nSPS) is 29.7. The van der Waals surface area contributed by atoms with Crippen LogP contribution in [0.4, 0.5) is 0 Å². The molecule has 0 aromatic heterocycles. The molecule has 0 heterocycles. The topological polar surface area (TPSA) is 0 Å². The summed E-state index contributed by atoms with van der Waals surface area (Å²) in [6, 6.07) is 0. The highest BCUT2D eigenvalue weighted by Crippen LogP contribution is 2.65. The summed E-state index contributed by atoms with van der Waals surface area (Å²) in [5.74, 6) is 2.09. The van der Waals surface area contributed by atoms with E-state index in [1.165, 1.54) is 103 Å². The lowest BCUT2D eigenvalue weighted by atomic mass is 9.44. The molecule has 0 spiro atoms. The van der Waals surface area contributed by atoms with Gasteiger partial charge in [-0.1, -0.05) is 154 Å². The molecule has 0 unspecified atom stereocenters. The van der Waals surface area contributed by atoms with Gasteiger partial charge in [-0.25, -0.2) is 0 Å². The molecule has 0 nitrogen and oxygen atoms in total. The van der Waals surface area contributed by atoms with Crippen LogP contribution in [0.15, 0.2) is 0 Å². The molecule has 0 amide bonds. The fraction of sp³-hybridized carbons (Fsp3) is 1.00. The first-order valence-corrected chi connectivity index (χ1v) is 17.9. The van der Waals surface area contributed by atoms with Gasteiger partial charge >= 0.3 is 0 Å². The Morgan fingerprint density at radius 1 is 0.222 bits per heavy atom. The minimum absolute atomic E-state index is 0.671. The van der Waals surface area contributed by atoms with Gasteiger partial charge in [0.05, 0.1) is 0 Å². The third-order valence-corrected chi connectivity index (χ3v) is 12.3. The predicted octanol–water partition coefficient (Wildman–Crippen LogP) is 12.7. The molecule has 4 saturated carbocycles. The summed E-state index contributed by atoms with van der Waals surface area (Å²) in [5, 5.41) is 0. The highest BCUT2D eigenvalue weighted by Gasteiger charge is 2.56. The van der Waals surface area contributed by atoms with Gasteiger partial charge in [-0.2, -0.15) is 0 Å². The van der Waals surface area contributed by atoms with E-state index in [0.717, 1.165) is 11.8 Å². The first-order valence-electron chi connectivity index (χ1n) is 17.9. The van der Waals surface area contributed by atoms with Crippen LogP contribution in [0.5, 0.6) is 0 Å². The maximum absolute atomic E-state index is 1.62. The Hall–Kier alpha value is 0. The average Bonchev–Trinajstić information content (AvgIpc) is 3.24. The van der Waals surface area contributed by atoms with Gasteiger partial charge < -0.3 is 0 Å². The minimum atomic E-state index is 0.671. The van der Waals surface area contributed by atoms with Crippen LogP contribution in [0.1, 0.15) is 205 Å². The van der Waals surface area contributed by atoms with Crippen LogP contribution in [-0.4, -0.2) is 0 Å². The zero-order valence-electron chi connectivity index (χ0n) is 24.8. The van der Waals surface area contributed by atoms with Gasteiger partial charge in [0.25, 0.3) is 0 Å². The van der Waals surface area contributed by atoms with Crippen LogP contribution >= 0.6 is 0 Å². The van der Waals surface area contributed by atoms with Gasteiger partial charge in [0.1, 0.15) is 0 Å². The first kappa shape index (κ1) is 29.0. The SMILES string of the molecule is C1CCCCC(C2(C3(C4CCCCCCCC4)CCCCCCCC3)CCCCCCCC2)CCC1. The van der Waals surface area contributed by atoms with Crippen molar-refractivity contribution in [1.82, 2.24) is 0 Å². The molecule has 0 aromatic rings. The Morgan fingerprint density at radius 2 is 0.417 bits per heavy atom. The molecule has 4 aliphatic rings. The van der Waals surface area contributed by atoms with Crippen molar-refractivity contribution < 1.29 is 0 Å². The van der Waals surface area contributed by atoms with Gasteiger partial charge in [0.2, 0.25) is 0 Å². The summed E-state index contributed by atoms with van der Waals surface area (Å²) in [6.45, 7) is 0. The van der Waals surface area contributed by atoms with Crippen LogP contribution in [-0.2, 0) is 0 Å². The Morgan fingerprint density at radius 3 is 0.667 bits per heavy atom. The second kappa shape index (κ2) is 16.2. The van der Waals surface area contributed by atoms with E-state index in [2.05, 4.69) is 0 Å². The quantitative estimate of drug-likeness (QED) is 0.363. The van der Waals surface area contributed by atoms with Crippen molar-refractivity contribution in [3.8, 4) is 0 Å². The Balaban J connectivity index is 1.77. The molecule has 4 rings (SSSR count). The number of rotatable bonds is 3. The molecule has 0 aliphatic heterocycles. The Kier molecular flexibility index (Phi) is 13.0. The first-order chi connectivity index (χ1) is 17.9. The van der Waals surface area contributed by atoms with Gasteiger partial charge in [-0.15, -0.1) is 0 Å². The van der Waals surface area contributed by atoms with Crippen molar-refractivity contribution in [2.45, 2.75) is 205 Å². The van der Waals surface area contributed by atoms with E-state index in [-0.39, 0.29) is 0 Å². The number of hydrogen-bond donors (Lipinski definition) is 0. The van der Waals surface area contributed by atoms with Crippen LogP contribution in [0.25, 0.3) is 0 Å². The third kappa shape index (κ3) is 7.78. The van der Waals surface area contributed by atoms with E-state index in [0.29, 0.717) is 10.8 Å². The lowest BCUT2D eigenvalue weighted by molar-refractivity contribution is -0.110. The third-order valence-electron chi connectivity index (χ3n) is 12.3. The van der Waals surface area contributed by atoms with Gasteiger partial charge in [0, 0.05) is 0 Å². The van der Waals surface area contributed by atoms with Crippen LogP contribution in [0.2, 0.25) is 0 Å². The fourth-order valence-electron chi connectivity index (χ4n) is 10.4. The highest BCUT2D eigenvalue weighted by molar-refractivity contribution is 5.05. The molecule has 36 heavy (non-hydrogen) atoms. The molecule has 0 radical (unpaired) electrons. The van der Waals surface area contributed by atoms with Crippen LogP contribution in [0.3, 0.4) is 0 Å². The van der Waals surface area contributed by atoms with Crippen molar-refractivity contribution in [3.63, 3.8) is 0 Å². The second-order valence-corrected chi connectivity index (χ2v) is 14.3. The summed E-state index contributed by atoms with van der Waals surface area (Å²) < 4.78 is 0. The Bertz CT molecular complexity index is 470. The van der Waals surface area contributed by atoms with Gasteiger partial charge in [-0.05, 0) is 74.0 Å². The summed E-state index contributed by atoms with van der Waals surface area (Å²) in [5.41, 5.74) is 1.34. The minimum Gasteiger partial charge on any atom is -0.0533 e. The van der Waals surface area contributed by atoms with E-state index in [1.807, 2.05) is 0 Å². The lowest BCUT2D eigenvalue weighted by Gasteiger charge is -2.60. The smallest absolute Gasteiger partial charge is 0.0210 e. The second-order valence-electron chi connectivity index (χ2n) is 14.3. The van der Waals surface area contributed by atoms with E-state index in [4.69, 9.17) is 0 Å². The van der Waals surface area contributed by atoms with E-state index in [1.54, 1.807) is 103 Å². The molecule has 0 N–H and O–H groups in total. The largest absolute Gasteiger partial charge is 0.0533 e. The van der Waals surface area contributed by atoms with Crippen molar-refractivity contribution in [2.24, 2.45) is 22.7 Å². The molecular formula is C36H66. The molecule has 0 aromatic carbocycles. The molecule has 0 bridgehead atoms. The van der Waals surface area contributed by atoms with Crippen molar-refractivity contribution >= 4 is 0 Å². The zero-order valence-corrected chi connectivity index (χ0v) is 24.8. The molecule has 0 atom stereocenters. The molecule has 210 valence electrons. The summed E-state index contributed by atoms with van der Waals surface area (Å²) >= 11 is 0. The summed E-state index contributed by atoms with van der Waals surface area (Å²) in [4.78, 5) is 0. The monoisotopic (exact) mass is 499 g/mol. The van der Waals surface area contributed by atoms with Crippen LogP contribution < -0.4 is 0 Å². The number of hydrogen-bond acceptors (Lipinski definition) is 0. The summed E-state index contributed by atoms with van der Waals surface area (Å²) in [6.07, 6.45) is 49.7. The standard InChI is InChI=1S/C36H66/c1-2-10-18-26-33(25-17-9-1)35(29-21-13-5-6-14-22-30-35)36(31-23-15-7-8-16-24-32-36)34-27-19-11-3-4-12-20-28-34/h33-34H,1-32H2. The van der Waals surface area contributed by atoms with E-state index >= 15 is 0 Å². The predicted molar refractivity (Wildman–Crippen MR) is 160 cm³/mol. The maximum atomic E-state index is 1.62. The molecule has 4 aliphatic carbocycles. The fourth-order valence-corrected chi connectivity index (χ4v) is 10.4. The molecule has 0 saturated heterocycles. The van der Waals surface area contributed by atoms with E-state index in [9.17, 15) is 0 Å². The van der Waals surface area contributed by atoms with Gasteiger partial charge in [0.15, 0.2) is 0 Å².